The topological polar surface area (TPSA) is 77.8 Å². The number of hydrogen-bond acceptors (Lipinski definition) is 5. The van der Waals surface area contributed by atoms with Crippen LogP contribution in [-0.2, 0) is 41.9 Å². The summed E-state index contributed by atoms with van der Waals surface area (Å²) in [6, 6.07) is 24.7. The highest BCUT2D eigenvalue weighted by Crippen LogP contribution is 2.45. The van der Waals surface area contributed by atoms with Crippen LogP contribution in [0.15, 0.2) is 84.9 Å². The fraction of sp³-hybridized carbons (Fsp3) is 0.222. The third-order valence-electron chi connectivity index (χ3n) is 8.02. The lowest BCUT2D eigenvalue weighted by atomic mass is 9.87. The van der Waals surface area contributed by atoms with Crippen molar-refractivity contribution in [3.8, 4) is 17.0 Å². The molecule has 0 saturated heterocycles. The third-order valence-corrected chi connectivity index (χ3v) is 8.02. The molecule has 0 bridgehead atoms. The number of aromatic nitrogens is 1. The average molecular weight is 578 g/mol. The molecule has 6 rings (SSSR count). The maximum absolute atomic E-state index is 13.6. The number of hydrogen-bond donors (Lipinski definition) is 1. The number of carbonyl (C=O) groups is 2. The molecule has 218 valence electrons. The van der Waals surface area contributed by atoms with Crippen molar-refractivity contribution in [1.29, 1.82) is 0 Å². The van der Waals surface area contributed by atoms with Gasteiger partial charge in [0.15, 0.2) is 5.88 Å². The van der Waals surface area contributed by atoms with E-state index < -0.39 is 11.9 Å². The van der Waals surface area contributed by atoms with Gasteiger partial charge in [-0.25, -0.2) is 14.0 Å². The van der Waals surface area contributed by atoms with Crippen molar-refractivity contribution >= 4 is 22.7 Å². The number of fused-ring (bicyclic) bond motifs is 3. The molecule has 6 nitrogen and oxygen atoms in total. The van der Waals surface area contributed by atoms with Gasteiger partial charge < -0.3 is 19.1 Å². The van der Waals surface area contributed by atoms with E-state index >= 15 is 0 Å². The summed E-state index contributed by atoms with van der Waals surface area (Å²) in [7, 11) is 0. The van der Waals surface area contributed by atoms with Crippen LogP contribution in [-0.4, -0.2) is 28.2 Å². The standard InChI is InChI=1S/C36H32FNO5/c1-2-42-36(41)32-27(13-10-23-11-18-28(37)19-12-23)21-29-30-9-6-20-38(30)34(39)33(29)31(32)25-14-16-26(17-15-25)35(40)43-22-24-7-4-3-5-8-24/h3-5,7-8,11-12,14-19,21,39H,2,6,9-10,13,20,22H2,1H3. The summed E-state index contributed by atoms with van der Waals surface area (Å²) >= 11 is 0. The van der Waals surface area contributed by atoms with Crippen molar-refractivity contribution in [2.24, 2.45) is 0 Å². The van der Waals surface area contributed by atoms with E-state index in [1.165, 1.54) is 12.1 Å². The van der Waals surface area contributed by atoms with Gasteiger partial charge in [0, 0.05) is 23.2 Å². The zero-order valence-electron chi connectivity index (χ0n) is 23.9. The first-order chi connectivity index (χ1) is 20.9. The van der Waals surface area contributed by atoms with Crippen LogP contribution >= 0.6 is 0 Å². The lowest BCUT2D eigenvalue weighted by Crippen LogP contribution is -2.12. The Morgan fingerprint density at radius 3 is 2.35 bits per heavy atom. The second kappa shape index (κ2) is 12.1. The van der Waals surface area contributed by atoms with Gasteiger partial charge >= 0.3 is 11.9 Å². The molecular weight excluding hydrogens is 545 g/mol. The van der Waals surface area contributed by atoms with E-state index in [-0.39, 0.29) is 24.9 Å². The summed E-state index contributed by atoms with van der Waals surface area (Å²) < 4.78 is 26.5. The van der Waals surface area contributed by atoms with E-state index in [1.807, 2.05) is 41.0 Å². The Labute approximate surface area is 249 Å². The van der Waals surface area contributed by atoms with Crippen molar-refractivity contribution in [3.63, 3.8) is 0 Å². The van der Waals surface area contributed by atoms with Crippen molar-refractivity contribution in [2.75, 3.05) is 6.61 Å². The van der Waals surface area contributed by atoms with Crippen LogP contribution in [0.2, 0.25) is 0 Å². The summed E-state index contributed by atoms with van der Waals surface area (Å²) in [5.41, 5.74) is 5.68. The quantitative estimate of drug-likeness (QED) is 0.185. The van der Waals surface area contributed by atoms with E-state index in [0.717, 1.165) is 40.6 Å². The van der Waals surface area contributed by atoms with Crippen LogP contribution in [0.1, 0.15) is 56.4 Å². The van der Waals surface area contributed by atoms with E-state index in [0.29, 0.717) is 47.0 Å². The molecule has 1 aliphatic heterocycles. The Morgan fingerprint density at radius 1 is 0.884 bits per heavy atom. The molecule has 2 heterocycles. The number of rotatable bonds is 9. The molecule has 1 aromatic heterocycles. The summed E-state index contributed by atoms with van der Waals surface area (Å²) in [6.45, 7) is 2.81. The van der Waals surface area contributed by atoms with E-state index in [9.17, 15) is 19.1 Å². The fourth-order valence-corrected chi connectivity index (χ4v) is 5.95. The Morgan fingerprint density at radius 2 is 1.63 bits per heavy atom. The van der Waals surface area contributed by atoms with Crippen LogP contribution < -0.4 is 0 Å². The second-order valence-corrected chi connectivity index (χ2v) is 10.7. The molecule has 7 heteroatoms. The third kappa shape index (κ3) is 5.63. The number of aromatic hydroxyl groups is 1. The predicted octanol–water partition coefficient (Wildman–Crippen LogP) is 7.42. The van der Waals surface area contributed by atoms with E-state index in [2.05, 4.69) is 0 Å². The Kier molecular flexibility index (Phi) is 7.97. The average Bonchev–Trinajstić information content (AvgIpc) is 3.62. The molecule has 0 fully saturated rings. The fourth-order valence-electron chi connectivity index (χ4n) is 5.95. The molecule has 1 N–H and O–H groups in total. The summed E-state index contributed by atoms with van der Waals surface area (Å²) in [6.07, 6.45) is 2.85. The molecule has 43 heavy (non-hydrogen) atoms. The minimum absolute atomic E-state index is 0.125. The van der Waals surface area contributed by atoms with Crippen molar-refractivity contribution in [2.45, 2.75) is 45.8 Å². The molecule has 0 saturated carbocycles. The van der Waals surface area contributed by atoms with Gasteiger partial charge in [0.1, 0.15) is 12.4 Å². The zero-order valence-corrected chi connectivity index (χ0v) is 23.9. The molecule has 0 aliphatic carbocycles. The first-order valence-corrected chi connectivity index (χ1v) is 14.6. The molecule has 0 spiro atoms. The highest BCUT2D eigenvalue weighted by atomic mass is 19.1. The van der Waals surface area contributed by atoms with Crippen LogP contribution in [0.3, 0.4) is 0 Å². The SMILES string of the molecule is CCOC(=O)c1c(CCc2ccc(F)cc2)cc2c3n(c(O)c2c1-c1ccc(C(=O)OCc2ccccc2)cc1)CCC3. The lowest BCUT2D eigenvalue weighted by Gasteiger charge is -2.17. The van der Waals surface area contributed by atoms with Crippen LogP contribution in [0.4, 0.5) is 4.39 Å². The first-order valence-electron chi connectivity index (χ1n) is 14.6. The molecule has 4 aromatic carbocycles. The molecule has 1 aliphatic rings. The highest BCUT2D eigenvalue weighted by Gasteiger charge is 2.29. The van der Waals surface area contributed by atoms with Crippen molar-refractivity contribution < 1.29 is 28.6 Å². The van der Waals surface area contributed by atoms with Gasteiger partial charge in [0.2, 0.25) is 0 Å². The first kappa shape index (κ1) is 28.2. The van der Waals surface area contributed by atoms with Gasteiger partial charge in [-0.15, -0.1) is 0 Å². The van der Waals surface area contributed by atoms with Gasteiger partial charge in [0.25, 0.3) is 0 Å². The Hall–Kier alpha value is -4.91. The minimum atomic E-state index is -0.481. The predicted molar refractivity (Wildman–Crippen MR) is 163 cm³/mol. The Balaban J connectivity index is 1.43. The summed E-state index contributed by atoms with van der Waals surface area (Å²) in [4.78, 5) is 26.4. The monoisotopic (exact) mass is 577 g/mol. The molecule has 0 atom stereocenters. The van der Waals surface area contributed by atoms with Gasteiger partial charge in [-0.2, -0.15) is 0 Å². The number of carbonyl (C=O) groups excluding carboxylic acids is 2. The highest BCUT2D eigenvalue weighted by molar-refractivity contribution is 6.12. The summed E-state index contributed by atoms with van der Waals surface area (Å²) in [5.74, 6) is -1.11. The lowest BCUT2D eigenvalue weighted by molar-refractivity contribution is 0.0471. The second-order valence-electron chi connectivity index (χ2n) is 10.7. The Bertz CT molecular complexity index is 1790. The van der Waals surface area contributed by atoms with Gasteiger partial charge in [-0.1, -0.05) is 54.6 Å². The molecule has 0 amide bonds. The maximum Gasteiger partial charge on any atom is 0.339 e. The van der Waals surface area contributed by atoms with Crippen LogP contribution in [0.25, 0.3) is 21.9 Å². The van der Waals surface area contributed by atoms with Gasteiger partial charge in [0.05, 0.1) is 23.1 Å². The molecule has 0 unspecified atom stereocenters. The van der Waals surface area contributed by atoms with Crippen LogP contribution in [0.5, 0.6) is 5.88 Å². The van der Waals surface area contributed by atoms with E-state index in [4.69, 9.17) is 9.47 Å². The normalized spacial score (nSPS) is 12.3. The number of aryl methyl sites for hydroxylation is 3. The zero-order chi connectivity index (χ0) is 29.9. The number of esters is 2. The number of nitrogens with zero attached hydrogens (tertiary/aromatic N) is 1. The number of benzene rings is 4. The summed E-state index contributed by atoms with van der Waals surface area (Å²) in [5, 5.41) is 12.9. The number of halogens is 1. The van der Waals surface area contributed by atoms with Crippen molar-refractivity contribution in [3.05, 3.63) is 124 Å². The largest absolute Gasteiger partial charge is 0.494 e. The number of ether oxygens (including phenoxy) is 2. The maximum atomic E-state index is 13.6. The minimum Gasteiger partial charge on any atom is -0.494 e. The van der Waals surface area contributed by atoms with Gasteiger partial charge in [-0.3, -0.25) is 0 Å². The molecule has 5 aromatic rings. The van der Waals surface area contributed by atoms with Crippen LogP contribution in [0, 0.1) is 5.82 Å². The van der Waals surface area contributed by atoms with E-state index in [1.54, 1.807) is 43.3 Å². The molecular formula is C36H32FNO5. The smallest absolute Gasteiger partial charge is 0.339 e. The molecule has 0 radical (unpaired) electrons. The van der Waals surface area contributed by atoms with Gasteiger partial charge in [-0.05, 0) is 85.2 Å². The van der Waals surface area contributed by atoms with Crippen molar-refractivity contribution in [1.82, 2.24) is 4.57 Å².